The minimum Gasteiger partial charge on any atom is -0.356 e. The van der Waals surface area contributed by atoms with Gasteiger partial charge in [0, 0.05) is 43.2 Å². The van der Waals surface area contributed by atoms with E-state index in [1.807, 2.05) is 11.3 Å². The molecule has 0 amide bonds. The summed E-state index contributed by atoms with van der Waals surface area (Å²) in [6.45, 7) is 2.55. The topological polar surface area (TPSA) is 82.8 Å². The molecule has 0 radical (unpaired) electrons. The standard InChI is InChI=1S/C20H27N5O2S/c1-21-20(22-13-15-7-9-17(10-8-15)25(26)27)23-14-16-5-3-11-24(2)19(16)18-6-4-12-28-18/h4,6-10,12,16,19H,3,5,11,13-14H2,1-2H3,(H2,21,22,23). The van der Waals surface area contributed by atoms with Crippen LogP contribution in [0.25, 0.3) is 0 Å². The highest BCUT2D eigenvalue weighted by Gasteiger charge is 2.31. The van der Waals surface area contributed by atoms with E-state index in [0.29, 0.717) is 18.5 Å². The fourth-order valence-electron chi connectivity index (χ4n) is 3.75. The van der Waals surface area contributed by atoms with Crippen LogP contribution in [-0.2, 0) is 6.54 Å². The Labute approximate surface area is 169 Å². The van der Waals surface area contributed by atoms with Gasteiger partial charge in [-0.2, -0.15) is 0 Å². The first-order chi connectivity index (χ1) is 13.6. The van der Waals surface area contributed by atoms with E-state index < -0.39 is 0 Å². The summed E-state index contributed by atoms with van der Waals surface area (Å²) in [5, 5.41) is 19.7. The summed E-state index contributed by atoms with van der Waals surface area (Å²) in [6.07, 6.45) is 2.40. The molecule has 1 aliphatic rings. The van der Waals surface area contributed by atoms with E-state index in [0.717, 1.165) is 24.6 Å². The quantitative estimate of drug-likeness (QED) is 0.335. The molecule has 2 atom stereocenters. The molecule has 2 N–H and O–H groups in total. The number of rotatable bonds is 6. The van der Waals surface area contributed by atoms with Gasteiger partial charge in [0.05, 0.1) is 4.92 Å². The molecule has 2 heterocycles. The third-order valence-corrected chi connectivity index (χ3v) is 6.15. The van der Waals surface area contributed by atoms with Crippen molar-refractivity contribution in [2.75, 3.05) is 27.2 Å². The Hall–Kier alpha value is -2.45. The monoisotopic (exact) mass is 401 g/mol. The number of nitro benzene ring substituents is 1. The van der Waals surface area contributed by atoms with Gasteiger partial charge in [0.15, 0.2) is 5.96 Å². The molecular weight excluding hydrogens is 374 g/mol. The molecule has 150 valence electrons. The number of hydrogen-bond donors (Lipinski definition) is 2. The van der Waals surface area contributed by atoms with Gasteiger partial charge in [-0.1, -0.05) is 18.2 Å². The van der Waals surface area contributed by atoms with Gasteiger partial charge in [-0.15, -0.1) is 11.3 Å². The highest BCUT2D eigenvalue weighted by atomic mass is 32.1. The Bertz CT molecular complexity index is 791. The predicted molar refractivity (Wildman–Crippen MR) is 114 cm³/mol. The van der Waals surface area contributed by atoms with Crippen LogP contribution in [0.5, 0.6) is 0 Å². The first kappa shape index (κ1) is 20.3. The number of nitrogens with zero attached hydrogens (tertiary/aromatic N) is 3. The molecule has 1 fully saturated rings. The number of hydrogen-bond acceptors (Lipinski definition) is 5. The van der Waals surface area contributed by atoms with Crippen molar-refractivity contribution in [3.63, 3.8) is 0 Å². The average Bonchev–Trinajstić information content (AvgIpc) is 3.22. The molecule has 1 aromatic carbocycles. The molecule has 1 saturated heterocycles. The summed E-state index contributed by atoms with van der Waals surface area (Å²) in [6, 6.07) is 11.4. The fraction of sp³-hybridized carbons (Fsp3) is 0.450. The van der Waals surface area contributed by atoms with E-state index in [9.17, 15) is 10.1 Å². The van der Waals surface area contributed by atoms with E-state index in [-0.39, 0.29) is 10.6 Å². The molecule has 28 heavy (non-hydrogen) atoms. The molecule has 1 aliphatic heterocycles. The molecule has 2 unspecified atom stereocenters. The molecule has 8 heteroatoms. The van der Waals surface area contributed by atoms with Gasteiger partial charge in [-0.05, 0) is 49.4 Å². The van der Waals surface area contributed by atoms with Crippen LogP contribution in [-0.4, -0.2) is 43.0 Å². The molecule has 2 aromatic rings. The average molecular weight is 402 g/mol. The van der Waals surface area contributed by atoms with Crippen LogP contribution in [0.15, 0.2) is 46.8 Å². The lowest BCUT2D eigenvalue weighted by molar-refractivity contribution is -0.384. The first-order valence-electron chi connectivity index (χ1n) is 9.50. The van der Waals surface area contributed by atoms with E-state index in [1.165, 1.54) is 29.9 Å². The van der Waals surface area contributed by atoms with Gasteiger partial charge in [0.1, 0.15) is 0 Å². The predicted octanol–water partition coefficient (Wildman–Crippen LogP) is 3.40. The highest BCUT2D eigenvalue weighted by Crippen LogP contribution is 2.36. The van der Waals surface area contributed by atoms with Crippen molar-refractivity contribution in [3.8, 4) is 0 Å². The maximum atomic E-state index is 10.8. The Morgan fingerprint density at radius 2 is 2.11 bits per heavy atom. The van der Waals surface area contributed by atoms with Gasteiger partial charge in [-0.25, -0.2) is 0 Å². The summed E-state index contributed by atoms with van der Waals surface area (Å²) in [4.78, 5) is 18.6. The molecular formula is C20H27N5O2S. The van der Waals surface area contributed by atoms with Crippen molar-refractivity contribution in [1.29, 1.82) is 0 Å². The molecule has 0 spiro atoms. The number of benzene rings is 1. The molecule has 7 nitrogen and oxygen atoms in total. The lowest BCUT2D eigenvalue weighted by Gasteiger charge is -2.39. The van der Waals surface area contributed by atoms with Crippen LogP contribution >= 0.6 is 11.3 Å². The van der Waals surface area contributed by atoms with Crippen LogP contribution in [0.4, 0.5) is 5.69 Å². The zero-order chi connectivity index (χ0) is 19.9. The number of aliphatic imine (C=N–C) groups is 1. The fourth-order valence-corrected chi connectivity index (χ4v) is 4.74. The van der Waals surface area contributed by atoms with Gasteiger partial charge >= 0.3 is 0 Å². The van der Waals surface area contributed by atoms with Crippen molar-refractivity contribution < 1.29 is 4.92 Å². The van der Waals surface area contributed by atoms with E-state index in [1.54, 1.807) is 19.2 Å². The molecule has 1 aromatic heterocycles. The summed E-state index contributed by atoms with van der Waals surface area (Å²) in [5.41, 5.74) is 1.08. The lowest BCUT2D eigenvalue weighted by atomic mass is 9.88. The Balaban J connectivity index is 1.55. The van der Waals surface area contributed by atoms with Gasteiger partial charge in [0.2, 0.25) is 0 Å². The minimum absolute atomic E-state index is 0.104. The SMILES string of the molecule is CN=C(NCc1ccc([N+](=O)[O-])cc1)NCC1CCCN(C)C1c1cccs1. The van der Waals surface area contributed by atoms with Crippen LogP contribution in [0, 0.1) is 16.0 Å². The molecule has 0 aliphatic carbocycles. The molecule has 0 saturated carbocycles. The zero-order valence-corrected chi connectivity index (χ0v) is 17.1. The lowest BCUT2D eigenvalue weighted by Crippen LogP contribution is -2.44. The summed E-state index contributed by atoms with van der Waals surface area (Å²) < 4.78 is 0. The second-order valence-electron chi connectivity index (χ2n) is 7.07. The third-order valence-electron chi connectivity index (χ3n) is 5.20. The molecule has 3 rings (SSSR count). The Morgan fingerprint density at radius 1 is 1.32 bits per heavy atom. The van der Waals surface area contributed by atoms with Crippen molar-refractivity contribution in [1.82, 2.24) is 15.5 Å². The normalized spacial score (nSPS) is 20.7. The number of likely N-dealkylation sites (tertiary alicyclic amines) is 1. The second kappa shape index (κ2) is 9.66. The number of piperidine rings is 1. The number of thiophene rings is 1. The summed E-state index contributed by atoms with van der Waals surface area (Å²) >= 11 is 1.82. The van der Waals surface area contributed by atoms with Crippen molar-refractivity contribution in [3.05, 3.63) is 62.3 Å². The number of non-ortho nitro benzene ring substituents is 1. The first-order valence-corrected chi connectivity index (χ1v) is 10.4. The van der Waals surface area contributed by atoms with E-state index in [4.69, 9.17) is 0 Å². The van der Waals surface area contributed by atoms with Gasteiger partial charge in [0.25, 0.3) is 5.69 Å². The number of nitro groups is 1. The third kappa shape index (κ3) is 5.08. The van der Waals surface area contributed by atoms with Gasteiger partial charge < -0.3 is 10.6 Å². The van der Waals surface area contributed by atoms with Crippen LogP contribution in [0.3, 0.4) is 0 Å². The highest BCUT2D eigenvalue weighted by molar-refractivity contribution is 7.10. The molecule has 0 bridgehead atoms. The van der Waals surface area contributed by atoms with Crippen LogP contribution < -0.4 is 10.6 Å². The summed E-state index contributed by atoms with van der Waals surface area (Å²) in [5.74, 6) is 1.27. The summed E-state index contributed by atoms with van der Waals surface area (Å²) in [7, 11) is 3.97. The largest absolute Gasteiger partial charge is 0.356 e. The number of guanidine groups is 1. The number of nitrogens with one attached hydrogen (secondary N) is 2. The van der Waals surface area contributed by atoms with E-state index in [2.05, 4.69) is 45.1 Å². The Kier molecular flexibility index (Phi) is 7.00. The van der Waals surface area contributed by atoms with Crippen LogP contribution in [0.1, 0.15) is 29.3 Å². The van der Waals surface area contributed by atoms with Gasteiger partial charge in [-0.3, -0.25) is 20.0 Å². The smallest absolute Gasteiger partial charge is 0.269 e. The van der Waals surface area contributed by atoms with Crippen molar-refractivity contribution in [2.24, 2.45) is 10.9 Å². The van der Waals surface area contributed by atoms with E-state index >= 15 is 0 Å². The zero-order valence-electron chi connectivity index (χ0n) is 16.3. The van der Waals surface area contributed by atoms with Crippen molar-refractivity contribution in [2.45, 2.75) is 25.4 Å². The Morgan fingerprint density at radius 3 is 2.75 bits per heavy atom. The maximum Gasteiger partial charge on any atom is 0.269 e. The second-order valence-corrected chi connectivity index (χ2v) is 8.05. The van der Waals surface area contributed by atoms with Crippen molar-refractivity contribution >= 4 is 23.0 Å². The minimum atomic E-state index is -0.386. The maximum absolute atomic E-state index is 10.8. The van der Waals surface area contributed by atoms with Crippen LogP contribution in [0.2, 0.25) is 0 Å².